The fourth-order valence-electron chi connectivity index (χ4n) is 3.33. The third-order valence-electron chi connectivity index (χ3n) is 4.59. The molecule has 0 saturated heterocycles. The first-order chi connectivity index (χ1) is 12.7. The molecule has 1 amide bonds. The fourth-order valence-corrected chi connectivity index (χ4v) is 3.33. The molecule has 0 fully saturated rings. The summed E-state index contributed by atoms with van der Waals surface area (Å²) in [5.74, 6) is -0.760. The lowest BCUT2D eigenvalue weighted by Crippen LogP contribution is -2.26. The van der Waals surface area contributed by atoms with Crippen LogP contribution in [0.2, 0.25) is 0 Å². The van der Waals surface area contributed by atoms with Gasteiger partial charge in [0.2, 0.25) is 0 Å². The number of fused-ring (bicyclic) bond motifs is 3. The van der Waals surface area contributed by atoms with Crippen molar-refractivity contribution in [2.45, 2.75) is 38.2 Å². The number of unbranched alkanes of at least 4 members (excludes halogenated alkanes) is 3. The van der Waals surface area contributed by atoms with Gasteiger partial charge in [-0.1, -0.05) is 61.4 Å². The van der Waals surface area contributed by atoms with Crippen molar-refractivity contribution in [1.82, 2.24) is 5.32 Å². The molecule has 2 aromatic carbocycles. The molecule has 26 heavy (non-hydrogen) atoms. The molecule has 0 aromatic heterocycles. The van der Waals surface area contributed by atoms with Crippen LogP contribution in [-0.2, 0) is 9.53 Å². The molecule has 0 bridgehead atoms. The van der Waals surface area contributed by atoms with Crippen LogP contribution in [0, 0.1) is 0 Å². The van der Waals surface area contributed by atoms with Crippen molar-refractivity contribution in [2.75, 3.05) is 6.54 Å². The maximum absolute atomic E-state index is 12.2. The molecule has 0 saturated carbocycles. The van der Waals surface area contributed by atoms with E-state index in [1.54, 1.807) is 0 Å². The molecule has 0 heterocycles. The van der Waals surface area contributed by atoms with Crippen LogP contribution in [0.5, 0.6) is 0 Å². The molecule has 0 unspecified atom stereocenters. The maximum atomic E-state index is 12.2. The zero-order valence-corrected chi connectivity index (χ0v) is 14.6. The lowest BCUT2D eigenvalue weighted by atomic mass is 10.1. The molecule has 136 valence electrons. The Hall–Kier alpha value is -2.82. The molecule has 0 radical (unpaired) electrons. The van der Waals surface area contributed by atoms with Gasteiger partial charge in [-0.2, -0.15) is 0 Å². The number of carboxylic acid groups (broad SMARTS) is 1. The van der Waals surface area contributed by atoms with E-state index in [1.165, 1.54) is 0 Å². The minimum absolute atomic E-state index is 0.204. The number of alkyl carbamates (subject to hydrolysis) is 1. The van der Waals surface area contributed by atoms with Gasteiger partial charge in [0.05, 0.1) is 0 Å². The van der Waals surface area contributed by atoms with Crippen LogP contribution in [0.25, 0.3) is 11.1 Å². The summed E-state index contributed by atoms with van der Waals surface area (Å²) in [5, 5.41) is 11.4. The first-order valence-corrected chi connectivity index (χ1v) is 9.01. The SMILES string of the molecule is O=C(O)CCCCCCNC(=O)OC1c2ccccc2-c2ccccc21. The number of carbonyl (C=O) groups is 2. The number of nitrogens with one attached hydrogen (secondary N) is 1. The summed E-state index contributed by atoms with van der Waals surface area (Å²) in [6.07, 6.45) is 2.64. The molecule has 3 rings (SSSR count). The number of aliphatic carboxylic acids is 1. The van der Waals surface area contributed by atoms with Crippen LogP contribution in [0.1, 0.15) is 49.3 Å². The average molecular weight is 353 g/mol. The summed E-state index contributed by atoms with van der Waals surface area (Å²) in [5.41, 5.74) is 4.24. The van der Waals surface area contributed by atoms with Crippen molar-refractivity contribution >= 4 is 12.1 Å². The molecule has 5 nitrogen and oxygen atoms in total. The molecule has 5 heteroatoms. The van der Waals surface area contributed by atoms with Gasteiger partial charge in [0.1, 0.15) is 0 Å². The molecule has 2 N–H and O–H groups in total. The lowest BCUT2D eigenvalue weighted by molar-refractivity contribution is -0.137. The highest BCUT2D eigenvalue weighted by atomic mass is 16.6. The van der Waals surface area contributed by atoms with E-state index in [9.17, 15) is 9.59 Å². The van der Waals surface area contributed by atoms with E-state index in [0.717, 1.165) is 41.5 Å². The van der Waals surface area contributed by atoms with Crippen molar-refractivity contribution in [2.24, 2.45) is 0 Å². The number of hydrogen-bond donors (Lipinski definition) is 2. The summed E-state index contributed by atoms with van der Waals surface area (Å²) in [6, 6.07) is 16.0. The topological polar surface area (TPSA) is 75.6 Å². The van der Waals surface area contributed by atoms with E-state index in [1.807, 2.05) is 48.5 Å². The smallest absolute Gasteiger partial charge is 0.408 e. The molecule has 1 aliphatic carbocycles. The van der Waals surface area contributed by atoms with Gasteiger partial charge in [0.15, 0.2) is 6.10 Å². The number of amides is 1. The Morgan fingerprint density at radius 3 is 2.08 bits per heavy atom. The summed E-state index contributed by atoms with van der Waals surface area (Å²) < 4.78 is 5.70. The Bertz CT molecular complexity index is 742. The molecule has 0 spiro atoms. The predicted octanol–water partition coefficient (Wildman–Crippen LogP) is 4.52. The Labute approximate surface area is 153 Å². The lowest BCUT2D eigenvalue weighted by Gasteiger charge is -2.15. The van der Waals surface area contributed by atoms with E-state index in [2.05, 4.69) is 5.32 Å². The summed E-state index contributed by atoms with van der Waals surface area (Å²) in [4.78, 5) is 22.6. The minimum Gasteiger partial charge on any atom is -0.481 e. The molecule has 2 aromatic rings. The van der Waals surface area contributed by atoms with Crippen LogP contribution < -0.4 is 5.32 Å². The molecule has 0 atom stereocenters. The zero-order chi connectivity index (χ0) is 18.4. The Balaban J connectivity index is 1.50. The second-order valence-corrected chi connectivity index (χ2v) is 6.44. The van der Waals surface area contributed by atoms with Crippen LogP contribution >= 0.6 is 0 Å². The Morgan fingerprint density at radius 1 is 0.885 bits per heavy atom. The second-order valence-electron chi connectivity index (χ2n) is 6.44. The van der Waals surface area contributed by atoms with E-state index in [-0.39, 0.29) is 12.5 Å². The van der Waals surface area contributed by atoms with Gasteiger partial charge in [-0.05, 0) is 24.0 Å². The van der Waals surface area contributed by atoms with E-state index in [0.29, 0.717) is 13.0 Å². The third-order valence-corrected chi connectivity index (χ3v) is 4.59. The maximum Gasteiger partial charge on any atom is 0.408 e. The van der Waals surface area contributed by atoms with Crippen LogP contribution in [0.4, 0.5) is 4.79 Å². The van der Waals surface area contributed by atoms with Gasteiger partial charge in [0.25, 0.3) is 0 Å². The van der Waals surface area contributed by atoms with Crippen molar-refractivity contribution in [3.63, 3.8) is 0 Å². The number of benzene rings is 2. The summed E-state index contributed by atoms with van der Waals surface area (Å²) >= 11 is 0. The van der Waals surface area contributed by atoms with Crippen LogP contribution in [-0.4, -0.2) is 23.7 Å². The molecule has 1 aliphatic rings. The molecular weight excluding hydrogens is 330 g/mol. The number of rotatable bonds is 8. The Kier molecular flexibility index (Phi) is 5.89. The monoisotopic (exact) mass is 353 g/mol. The number of ether oxygens (including phenoxy) is 1. The first-order valence-electron chi connectivity index (χ1n) is 9.01. The zero-order valence-electron chi connectivity index (χ0n) is 14.6. The standard InChI is InChI=1S/C21H23NO4/c23-19(24)13-3-1-2-8-14-22-21(25)26-20-17-11-6-4-9-15(17)16-10-5-7-12-18(16)20/h4-7,9-12,20H,1-3,8,13-14H2,(H,22,25)(H,23,24). The summed E-state index contributed by atoms with van der Waals surface area (Å²) in [7, 11) is 0. The van der Waals surface area contributed by atoms with Crippen molar-refractivity contribution in [1.29, 1.82) is 0 Å². The van der Waals surface area contributed by atoms with Gasteiger partial charge >= 0.3 is 12.1 Å². The highest BCUT2D eigenvalue weighted by Gasteiger charge is 2.30. The normalized spacial score (nSPS) is 12.3. The van der Waals surface area contributed by atoms with E-state index in [4.69, 9.17) is 9.84 Å². The first kappa shape index (κ1) is 18.0. The highest BCUT2D eigenvalue weighted by molar-refractivity contribution is 5.79. The number of hydrogen-bond acceptors (Lipinski definition) is 3. The molecule has 0 aliphatic heterocycles. The minimum atomic E-state index is -0.760. The van der Waals surface area contributed by atoms with Gasteiger partial charge in [-0.3, -0.25) is 4.79 Å². The summed E-state index contributed by atoms with van der Waals surface area (Å²) in [6.45, 7) is 0.530. The predicted molar refractivity (Wildman–Crippen MR) is 98.9 cm³/mol. The van der Waals surface area contributed by atoms with Gasteiger partial charge in [-0.15, -0.1) is 0 Å². The van der Waals surface area contributed by atoms with Gasteiger partial charge < -0.3 is 15.2 Å². The second kappa shape index (κ2) is 8.52. The number of carbonyl (C=O) groups excluding carboxylic acids is 1. The molecular formula is C21H23NO4. The number of carboxylic acids is 1. The largest absolute Gasteiger partial charge is 0.481 e. The third kappa shape index (κ3) is 4.23. The van der Waals surface area contributed by atoms with Gasteiger partial charge in [0, 0.05) is 24.1 Å². The Morgan fingerprint density at radius 2 is 1.46 bits per heavy atom. The van der Waals surface area contributed by atoms with Crippen molar-refractivity contribution < 1.29 is 19.4 Å². The van der Waals surface area contributed by atoms with E-state index >= 15 is 0 Å². The van der Waals surface area contributed by atoms with E-state index < -0.39 is 12.1 Å². The highest BCUT2D eigenvalue weighted by Crippen LogP contribution is 2.44. The van der Waals surface area contributed by atoms with Gasteiger partial charge in [-0.25, -0.2) is 4.79 Å². The van der Waals surface area contributed by atoms with Crippen molar-refractivity contribution in [3.8, 4) is 11.1 Å². The van der Waals surface area contributed by atoms with Crippen LogP contribution in [0.3, 0.4) is 0 Å². The average Bonchev–Trinajstić information content (AvgIpc) is 2.95. The quantitative estimate of drug-likeness (QED) is 0.684. The fraction of sp³-hybridized carbons (Fsp3) is 0.333. The van der Waals surface area contributed by atoms with Crippen molar-refractivity contribution in [3.05, 3.63) is 59.7 Å². The van der Waals surface area contributed by atoms with Crippen LogP contribution in [0.15, 0.2) is 48.5 Å².